The number of halogens is 3. The molecule has 0 spiro atoms. The van der Waals surface area contributed by atoms with Gasteiger partial charge in [0.1, 0.15) is 5.01 Å². The van der Waals surface area contributed by atoms with E-state index in [0.717, 1.165) is 12.1 Å². The highest BCUT2D eigenvalue weighted by Gasteiger charge is 2.31. The molecule has 0 unspecified atom stereocenters. The van der Waals surface area contributed by atoms with Crippen molar-refractivity contribution in [2.24, 2.45) is 0 Å². The number of aliphatic hydroxyl groups is 1. The Kier molecular flexibility index (Phi) is 4.79. The van der Waals surface area contributed by atoms with Crippen molar-refractivity contribution in [1.82, 2.24) is 14.8 Å². The molecule has 2 aromatic heterocycles. The number of carboxylic acids is 1. The van der Waals surface area contributed by atoms with Crippen molar-refractivity contribution >= 4 is 17.3 Å². The SMILES string of the molecule is O=C(O)c1cnn(Cc2nc(-c3cc(CO)cc(C(F)(F)F)c3)cs2)c1. The van der Waals surface area contributed by atoms with E-state index in [-0.39, 0.29) is 23.2 Å². The van der Waals surface area contributed by atoms with Gasteiger partial charge in [-0.1, -0.05) is 0 Å². The summed E-state index contributed by atoms with van der Waals surface area (Å²) in [5, 5.41) is 24.2. The number of aliphatic hydroxyl groups excluding tert-OH is 1. The van der Waals surface area contributed by atoms with E-state index in [0.29, 0.717) is 10.7 Å². The van der Waals surface area contributed by atoms with Crippen molar-refractivity contribution in [3.05, 3.63) is 57.7 Å². The maximum atomic E-state index is 13.0. The molecule has 0 fully saturated rings. The van der Waals surface area contributed by atoms with Crippen LogP contribution in [-0.2, 0) is 19.3 Å². The predicted octanol–water partition coefficient (Wildman–Crippen LogP) is 3.26. The predicted molar refractivity (Wildman–Crippen MR) is 86.8 cm³/mol. The van der Waals surface area contributed by atoms with Gasteiger partial charge in [-0.25, -0.2) is 9.78 Å². The summed E-state index contributed by atoms with van der Waals surface area (Å²) in [6.45, 7) is -0.317. The quantitative estimate of drug-likeness (QED) is 0.706. The molecular formula is C16H12F3N3O3S. The fraction of sp³-hybridized carbons (Fsp3) is 0.188. The number of thiazole rings is 1. The molecule has 0 aliphatic rings. The highest BCUT2D eigenvalue weighted by atomic mass is 32.1. The lowest BCUT2D eigenvalue weighted by Crippen LogP contribution is -2.06. The average molecular weight is 383 g/mol. The van der Waals surface area contributed by atoms with Gasteiger partial charge in [0.05, 0.1) is 36.2 Å². The van der Waals surface area contributed by atoms with Crippen molar-refractivity contribution < 1.29 is 28.2 Å². The normalized spacial score (nSPS) is 11.7. The molecule has 3 rings (SSSR count). The van der Waals surface area contributed by atoms with Gasteiger partial charge in [0, 0.05) is 17.1 Å². The van der Waals surface area contributed by atoms with E-state index in [1.165, 1.54) is 34.5 Å². The first-order chi connectivity index (χ1) is 12.3. The summed E-state index contributed by atoms with van der Waals surface area (Å²) in [5.74, 6) is -1.10. The lowest BCUT2D eigenvalue weighted by molar-refractivity contribution is -0.137. The number of benzene rings is 1. The number of aromatic nitrogens is 3. The topological polar surface area (TPSA) is 88.2 Å². The van der Waals surface area contributed by atoms with Crippen LogP contribution in [0.5, 0.6) is 0 Å². The summed E-state index contributed by atoms with van der Waals surface area (Å²) in [6.07, 6.45) is -1.98. The number of hydrogen-bond donors (Lipinski definition) is 2. The number of carbonyl (C=O) groups is 1. The first-order valence-electron chi connectivity index (χ1n) is 7.29. The summed E-state index contributed by atoms with van der Waals surface area (Å²) in [7, 11) is 0. The van der Waals surface area contributed by atoms with Gasteiger partial charge in [0.25, 0.3) is 0 Å². The Hall–Kier alpha value is -2.72. The van der Waals surface area contributed by atoms with Crippen LogP contribution in [0.4, 0.5) is 13.2 Å². The van der Waals surface area contributed by atoms with Crippen LogP contribution in [0.3, 0.4) is 0 Å². The number of carboxylic acid groups (broad SMARTS) is 1. The van der Waals surface area contributed by atoms with Gasteiger partial charge in [-0.2, -0.15) is 18.3 Å². The van der Waals surface area contributed by atoms with Crippen LogP contribution < -0.4 is 0 Å². The molecule has 3 aromatic rings. The van der Waals surface area contributed by atoms with Gasteiger partial charge in [-0.05, 0) is 23.8 Å². The van der Waals surface area contributed by atoms with E-state index >= 15 is 0 Å². The van der Waals surface area contributed by atoms with Crippen molar-refractivity contribution in [2.75, 3.05) is 0 Å². The minimum atomic E-state index is -4.53. The smallest absolute Gasteiger partial charge is 0.416 e. The molecule has 10 heteroatoms. The zero-order valence-corrected chi connectivity index (χ0v) is 13.9. The molecule has 136 valence electrons. The molecule has 1 aromatic carbocycles. The van der Waals surface area contributed by atoms with Crippen LogP contribution in [0.2, 0.25) is 0 Å². The van der Waals surface area contributed by atoms with E-state index in [1.807, 2.05) is 0 Å². The lowest BCUT2D eigenvalue weighted by Gasteiger charge is -2.10. The standard InChI is InChI=1S/C16H12F3N3O3S/c17-16(18,19)12-2-9(7-23)1-10(3-12)13-8-26-14(21-13)6-22-5-11(4-20-22)15(24)25/h1-5,8,23H,6-7H2,(H,24,25). The molecule has 2 heterocycles. The maximum absolute atomic E-state index is 13.0. The van der Waals surface area contributed by atoms with E-state index < -0.39 is 24.3 Å². The number of aromatic carboxylic acids is 1. The van der Waals surface area contributed by atoms with Crippen molar-refractivity contribution in [2.45, 2.75) is 19.3 Å². The summed E-state index contributed by atoms with van der Waals surface area (Å²) in [6, 6.07) is 3.33. The Morgan fingerprint density at radius 3 is 2.65 bits per heavy atom. The van der Waals surface area contributed by atoms with E-state index in [2.05, 4.69) is 10.1 Å². The third-order valence-electron chi connectivity index (χ3n) is 3.53. The number of alkyl halides is 3. The largest absolute Gasteiger partial charge is 0.478 e. The Labute approximate surface area is 149 Å². The van der Waals surface area contributed by atoms with Crippen LogP contribution in [0.25, 0.3) is 11.3 Å². The monoisotopic (exact) mass is 383 g/mol. The molecule has 2 N–H and O–H groups in total. The Morgan fingerprint density at radius 1 is 1.27 bits per heavy atom. The summed E-state index contributed by atoms with van der Waals surface area (Å²) in [5.41, 5.74) is -0.0870. The molecule has 0 amide bonds. The fourth-order valence-corrected chi connectivity index (χ4v) is 3.10. The molecule has 6 nitrogen and oxygen atoms in total. The zero-order valence-electron chi connectivity index (χ0n) is 13.1. The third-order valence-corrected chi connectivity index (χ3v) is 4.36. The van der Waals surface area contributed by atoms with Gasteiger partial charge >= 0.3 is 12.1 Å². The summed E-state index contributed by atoms with van der Waals surface area (Å²) < 4.78 is 40.4. The zero-order chi connectivity index (χ0) is 18.9. The van der Waals surface area contributed by atoms with Crippen molar-refractivity contribution in [3.8, 4) is 11.3 Å². The Balaban J connectivity index is 1.88. The van der Waals surface area contributed by atoms with E-state index in [4.69, 9.17) is 5.11 Å². The summed E-state index contributed by atoms with van der Waals surface area (Å²) in [4.78, 5) is 15.1. The molecule has 0 aliphatic carbocycles. The number of hydrogen-bond acceptors (Lipinski definition) is 5. The third kappa shape index (κ3) is 3.92. The van der Waals surface area contributed by atoms with E-state index in [1.54, 1.807) is 5.38 Å². The fourth-order valence-electron chi connectivity index (χ4n) is 2.31. The van der Waals surface area contributed by atoms with Gasteiger partial charge in [0.15, 0.2) is 0 Å². The number of rotatable bonds is 5. The van der Waals surface area contributed by atoms with Crippen LogP contribution in [-0.4, -0.2) is 30.9 Å². The van der Waals surface area contributed by atoms with Gasteiger partial charge in [-0.3, -0.25) is 4.68 Å². The molecule has 0 radical (unpaired) electrons. The molecular weight excluding hydrogens is 371 g/mol. The highest BCUT2D eigenvalue weighted by molar-refractivity contribution is 7.09. The molecule has 26 heavy (non-hydrogen) atoms. The second-order valence-corrected chi connectivity index (χ2v) is 6.38. The highest BCUT2D eigenvalue weighted by Crippen LogP contribution is 2.34. The average Bonchev–Trinajstić information content (AvgIpc) is 3.23. The van der Waals surface area contributed by atoms with Crippen LogP contribution >= 0.6 is 11.3 Å². The molecule has 0 bridgehead atoms. The van der Waals surface area contributed by atoms with Crippen molar-refractivity contribution in [1.29, 1.82) is 0 Å². The van der Waals surface area contributed by atoms with Crippen LogP contribution in [0, 0.1) is 0 Å². The molecule has 0 aliphatic heterocycles. The van der Waals surface area contributed by atoms with Gasteiger partial charge < -0.3 is 10.2 Å². The van der Waals surface area contributed by atoms with Gasteiger partial charge in [0.2, 0.25) is 0 Å². The maximum Gasteiger partial charge on any atom is 0.416 e. The molecule has 0 atom stereocenters. The minimum absolute atomic E-state index is 0.0345. The van der Waals surface area contributed by atoms with Crippen LogP contribution in [0.1, 0.15) is 26.5 Å². The van der Waals surface area contributed by atoms with E-state index in [9.17, 15) is 23.1 Å². The molecule has 0 saturated heterocycles. The molecule has 0 saturated carbocycles. The Morgan fingerprint density at radius 2 is 2.04 bits per heavy atom. The number of nitrogens with zero attached hydrogens (tertiary/aromatic N) is 3. The van der Waals surface area contributed by atoms with Crippen LogP contribution in [0.15, 0.2) is 36.0 Å². The first-order valence-corrected chi connectivity index (χ1v) is 8.17. The lowest BCUT2D eigenvalue weighted by atomic mass is 10.0. The second-order valence-electron chi connectivity index (χ2n) is 5.43. The summed E-state index contributed by atoms with van der Waals surface area (Å²) >= 11 is 1.22. The second kappa shape index (κ2) is 6.89. The first kappa shape index (κ1) is 18.1. The Bertz CT molecular complexity index is 950. The van der Waals surface area contributed by atoms with Crippen molar-refractivity contribution in [3.63, 3.8) is 0 Å². The van der Waals surface area contributed by atoms with Gasteiger partial charge in [-0.15, -0.1) is 11.3 Å². The minimum Gasteiger partial charge on any atom is -0.478 e.